The summed E-state index contributed by atoms with van der Waals surface area (Å²) in [4.78, 5) is 37.8. The maximum atomic E-state index is 13.1. The van der Waals surface area contributed by atoms with Crippen molar-refractivity contribution >= 4 is 45.9 Å². The van der Waals surface area contributed by atoms with Crippen LogP contribution in [0.2, 0.25) is 0 Å². The Labute approximate surface area is 266 Å². The molecule has 5 rings (SSSR count). The van der Waals surface area contributed by atoms with Gasteiger partial charge in [0.15, 0.2) is 11.0 Å². The van der Waals surface area contributed by atoms with Crippen LogP contribution in [0.25, 0.3) is 17.1 Å². The van der Waals surface area contributed by atoms with Gasteiger partial charge in [-0.05, 0) is 66.6 Å². The second-order valence-electron chi connectivity index (χ2n) is 10.2. The zero-order chi connectivity index (χ0) is 33.0. The number of anilines is 3. The number of carbonyl (C=O) groups is 2. The second kappa shape index (κ2) is 13.3. The summed E-state index contributed by atoms with van der Waals surface area (Å²) in [6, 6.07) is 16.8. The van der Waals surface area contributed by atoms with Gasteiger partial charge in [0.25, 0.3) is 0 Å². The number of alkyl halides is 3. The molecule has 1 N–H and O–H groups in total. The second-order valence-corrected chi connectivity index (χ2v) is 11.2. The van der Waals surface area contributed by atoms with Gasteiger partial charge in [-0.2, -0.15) is 10.3 Å². The van der Waals surface area contributed by atoms with Crippen LogP contribution < -0.4 is 19.9 Å². The predicted octanol–water partition coefficient (Wildman–Crippen LogP) is 6.39. The molecular formula is C31H27F3N8O3S. The van der Waals surface area contributed by atoms with E-state index < -0.39 is 12.4 Å². The van der Waals surface area contributed by atoms with Gasteiger partial charge in [0.2, 0.25) is 5.91 Å². The number of urea groups is 1. The number of nitrogens with zero attached hydrogens (tertiary/aromatic N) is 7. The first-order valence-electron chi connectivity index (χ1n) is 13.9. The SMILES string of the molecule is CCCc1ccc(N(C)C)cc1N1C(=O)CS/C1=N\C(=O)Nc1ccc(-c2ncn(-c3ccc(OC(F)(F)F)cc3)n2)cc1C#N. The number of hydrogen-bond acceptors (Lipinski definition) is 8. The maximum Gasteiger partial charge on any atom is 0.573 e. The van der Waals surface area contributed by atoms with Crippen molar-refractivity contribution in [3.05, 3.63) is 78.1 Å². The van der Waals surface area contributed by atoms with Crippen molar-refractivity contribution in [1.82, 2.24) is 14.8 Å². The van der Waals surface area contributed by atoms with E-state index in [-0.39, 0.29) is 39.7 Å². The zero-order valence-corrected chi connectivity index (χ0v) is 25.7. The highest BCUT2D eigenvalue weighted by molar-refractivity contribution is 8.15. The fourth-order valence-corrected chi connectivity index (χ4v) is 5.49. The van der Waals surface area contributed by atoms with Crippen LogP contribution in [0.15, 0.2) is 72.0 Å². The van der Waals surface area contributed by atoms with Crippen LogP contribution in [-0.4, -0.2) is 58.1 Å². The average Bonchev–Trinajstić information content (AvgIpc) is 3.64. The molecule has 0 saturated carbocycles. The zero-order valence-electron chi connectivity index (χ0n) is 24.9. The topological polar surface area (TPSA) is 129 Å². The molecule has 11 nitrogen and oxygen atoms in total. The van der Waals surface area contributed by atoms with Gasteiger partial charge in [0.05, 0.1) is 28.4 Å². The molecule has 3 amide bonds. The highest BCUT2D eigenvalue weighted by Crippen LogP contribution is 2.34. The number of thioether (sulfide) groups is 1. The molecule has 1 aromatic heterocycles. The summed E-state index contributed by atoms with van der Waals surface area (Å²) in [7, 11) is 3.81. The smallest absolute Gasteiger partial charge is 0.406 e. The number of halogens is 3. The van der Waals surface area contributed by atoms with Crippen LogP contribution in [0.4, 0.5) is 35.0 Å². The molecule has 2 heterocycles. The van der Waals surface area contributed by atoms with Gasteiger partial charge in [0, 0.05) is 25.3 Å². The Balaban J connectivity index is 1.34. The summed E-state index contributed by atoms with van der Waals surface area (Å²) in [6.45, 7) is 2.05. The van der Waals surface area contributed by atoms with Crippen molar-refractivity contribution in [3.8, 4) is 28.9 Å². The molecule has 0 atom stereocenters. The molecular weight excluding hydrogens is 621 g/mol. The van der Waals surface area contributed by atoms with E-state index in [1.54, 1.807) is 6.07 Å². The van der Waals surface area contributed by atoms with Crippen LogP contribution in [-0.2, 0) is 11.2 Å². The van der Waals surface area contributed by atoms with Gasteiger partial charge >= 0.3 is 12.4 Å². The lowest BCUT2D eigenvalue weighted by Crippen LogP contribution is -2.31. The molecule has 3 aromatic carbocycles. The Morgan fingerprint density at radius 3 is 2.59 bits per heavy atom. The predicted molar refractivity (Wildman–Crippen MR) is 169 cm³/mol. The molecule has 1 aliphatic rings. The van der Waals surface area contributed by atoms with E-state index >= 15 is 0 Å². The number of aryl methyl sites for hydroxylation is 1. The first-order chi connectivity index (χ1) is 22.0. The molecule has 236 valence electrons. The van der Waals surface area contributed by atoms with E-state index in [1.165, 1.54) is 40.2 Å². The third kappa shape index (κ3) is 7.29. The number of aromatic nitrogens is 3. The van der Waals surface area contributed by atoms with Crippen molar-refractivity contribution in [2.45, 2.75) is 26.1 Å². The van der Waals surface area contributed by atoms with Gasteiger partial charge in [-0.15, -0.1) is 18.3 Å². The molecule has 1 aliphatic heterocycles. The number of amidine groups is 1. The molecule has 0 radical (unpaired) electrons. The first-order valence-corrected chi connectivity index (χ1v) is 14.9. The summed E-state index contributed by atoms with van der Waals surface area (Å²) in [5, 5.41) is 17.0. The van der Waals surface area contributed by atoms with Gasteiger partial charge in [-0.3, -0.25) is 9.69 Å². The summed E-state index contributed by atoms with van der Waals surface area (Å²) in [5.74, 6) is -0.190. The molecule has 46 heavy (non-hydrogen) atoms. The number of hydrogen-bond donors (Lipinski definition) is 1. The standard InChI is InChI=1S/C31H27F3N8O3S/c1-4-5-19-6-8-23(40(2)3)15-26(19)42-27(43)17-46-30(42)38-29(44)37-25-13-7-20(14-21(25)16-35)28-36-18-41(39-28)22-9-11-24(12-10-22)45-31(32,33)34/h6-15,18H,4-5,17H2,1-3H3,(H,37,44)/b38-30-. The van der Waals surface area contributed by atoms with Crippen molar-refractivity contribution in [3.63, 3.8) is 0 Å². The van der Waals surface area contributed by atoms with Gasteiger partial charge in [0.1, 0.15) is 18.1 Å². The molecule has 0 bridgehead atoms. The van der Waals surface area contributed by atoms with E-state index in [4.69, 9.17) is 0 Å². The molecule has 0 aliphatic carbocycles. The fraction of sp³-hybridized carbons (Fsp3) is 0.226. The third-order valence-electron chi connectivity index (χ3n) is 6.77. The van der Waals surface area contributed by atoms with E-state index in [9.17, 15) is 28.0 Å². The monoisotopic (exact) mass is 648 g/mol. The first kappa shape index (κ1) is 32.0. The number of amides is 3. The average molecular weight is 649 g/mol. The van der Waals surface area contributed by atoms with E-state index in [0.29, 0.717) is 16.9 Å². The van der Waals surface area contributed by atoms with Crippen molar-refractivity contribution in [2.75, 3.05) is 35.0 Å². The minimum absolute atomic E-state index is 0.118. The quantitative estimate of drug-likeness (QED) is 0.233. The Morgan fingerprint density at radius 2 is 1.91 bits per heavy atom. The number of carbonyl (C=O) groups excluding carboxylic acids is 2. The molecule has 4 aromatic rings. The molecule has 0 unspecified atom stereocenters. The van der Waals surface area contributed by atoms with Crippen LogP contribution in [0, 0.1) is 11.3 Å². The number of rotatable bonds is 8. The lowest BCUT2D eigenvalue weighted by atomic mass is 10.1. The van der Waals surface area contributed by atoms with Gasteiger partial charge < -0.3 is 15.0 Å². The lowest BCUT2D eigenvalue weighted by molar-refractivity contribution is -0.274. The molecule has 1 saturated heterocycles. The Kier molecular flexibility index (Phi) is 9.28. The Morgan fingerprint density at radius 1 is 1.15 bits per heavy atom. The third-order valence-corrected chi connectivity index (χ3v) is 7.70. The van der Waals surface area contributed by atoms with Crippen LogP contribution in [0.1, 0.15) is 24.5 Å². The van der Waals surface area contributed by atoms with E-state index in [2.05, 4.69) is 25.1 Å². The normalized spacial score (nSPS) is 14.0. The minimum Gasteiger partial charge on any atom is -0.406 e. The Hall–Kier alpha value is -5.36. The number of nitriles is 1. The summed E-state index contributed by atoms with van der Waals surface area (Å²) in [6.07, 6.45) is -1.82. The number of nitrogens with one attached hydrogen (secondary N) is 1. The highest BCUT2D eigenvalue weighted by Gasteiger charge is 2.33. The van der Waals surface area contributed by atoms with Crippen molar-refractivity contribution in [1.29, 1.82) is 5.26 Å². The lowest BCUT2D eigenvalue weighted by Gasteiger charge is -2.22. The summed E-state index contributed by atoms with van der Waals surface area (Å²) in [5.41, 5.74) is 3.75. The fourth-order valence-electron chi connectivity index (χ4n) is 4.64. The van der Waals surface area contributed by atoms with Crippen LogP contribution in [0.3, 0.4) is 0 Å². The molecule has 0 spiro atoms. The number of ether oxygens (including phenoxy) is 1. The largest absolute Gasteiger partial charge is 0.573 e. The van der Waals surface area contributed by atoms with Crippen LogP contribution in [0.5, 0.6) is 5.75 Å². The van der Waals surface area contributed by atoms with Gasteiger partial charge in [-0.1, -0.05) is 31.2 Å². The highest BCUT2D eigenvalue weighted by atomic mass is 32.2. The summed E-state index contributed by atoms with van der Waals surface area (Å²) < 4.78 is 42.6. The summed E-state index contributed by atoms with van der Waals surface area (Å²) >= 11 is 1.16. The van der Waals surface area contributed by atoms with Gasteiger partial charge in [-0.25, -0.2) is 14.5 Å². The maximum absolute atomic E-state index is 13.1. The molecule has 1 fully saturated rings. The van der Waals surface area contributed by atoms with Crippen LogP contribution >= 0.6 is 11.8 Å². The Bertz CT molecular complexity index is 1850. The molecule has 15 heteroatoms. The van der Waals surface area contributed by atoms with Crippen molar-refractivity contribution in [2.24, 2.45) is 4.99 Å². The van der Waals surface area contributed by atoms with E-state index in [0.717, 1.165) is 48.0 Å². The number of aliphatic imine (C=N–C) groups is 1. The minimum atomic E-state index is -4.80. The number of benzene rings is 3. The van der Waals surface area contributed by atoms with Crippen molar-refractivity contribution < 1.29 is 27.5 Å². The van der Waals surface area contributed by atoms with E-state index in [1.807, 2.05) is 50.2 Å².